The predicted molar refractivity (Wildman–Crippen MR) is 98.9 cm³/mol. The first-order valence-corrected chi connectivity index (χ1v) is 8.85. The largest absolute Gasteiger partial charge is 0.494 e. The van der Waals surface area contributed by atoms with Crippen LogP contribution >= 0.6 is 0 Å². The van der Waals surface area contributed by atoms with E-state index in [0.29, 0.717) is 5.56 Å². The second-order valence-electron chi connectivity index (χ2n) is 6.20. The fourth-order valence-electron chi connectivity index (χ4n) is 2.79. The van der Waals surface area contributed by atoms with Crippen LogP contribution in [0.5, 0.6) is 5.75 Å². The molecule has 0 aliphatic heterocycles. The zero-order valence-corrected chi connectivity index (χ0v) is 15.0. The van der Waals surface area contributed by atoms with Crippen molar-refractivity contribution in [3.05, 3.63) is 53.6 Å². The Labute approximate surface area is 149 Å². The maximum atomic E-state index is 11.4. The standard InChI is InChI=1S/C21H26O4/c1-3-4-5-6-7-14-24-19-11-8-17(9-12-19)20-13-10-18(15-16(20)2)21(22)25-23/h8-13,15,23H,3-7,14H2,1-2H3. The molecule has 2 aromatic carbocycles. The summed E-state index contributed by atoms with van der Waals surface area (Å²) in [5, 5.41) is 8.46. The number of unbranched alkanes of at least 4 members (excludes halogenated alkanes) is 4. The summed E-state index contributed by atoms with van der Waals surface area (Å²) in [7, 11) is 0. The Morgan fingerprint density at radius 3 is 2.36 bits per heavy atom. The molecule has 4 heteroatoms. The lowest BCUT2D eigenvalue weighted by atomic mass is 9.98. The fourth-order valence-corrected chi connectivity index (χ4v) is 2.79. The topological polar surface area (TPSA) is 55.8 Å². The monoisotopic (exact) mass is 342 g/mol. The van der Waals surface area contributed by atoms with Gasteiger partial charge in [0.1, 0.15) is 5.75 Å². The van der Waals surface area contributed by atoms with Crippen LogP contribution in [0.3, 0.4) is 0 Å². The van der Waals surface area contributed by atoms with Gasteiger partial charge >= 0.3 is 5.97 Å². The number of carbonyl (C=O) groups excluding carboxylic acids is 1. The van der Waals surface area contributed by atoms with Gasteiger partial charge in [0.25, 0.3) is 0 Å². The Hall–Kier alpha value is -2.33. The van der Waals surface area contributed by atoms with E-state index in [-0.39, 0.29) is 0 Å². The van der Waals surface area contributed by atoms with Crippen LogP contribution in [0, 0.1) is 6.92 Å². The van der Waals surface area contributed by atoms with Crippen LogP contribution < -0.4 is 4.74 Å². The minimum Gasteiger partial charge on any atom is -0.494 e. The van der Waals surface area contributed by atoms with Gasteiger partial charge in [0.05, 0.1) is 12.2 Å². The van der Waals surface area contributed by atoms with E-state index in [1.165, 1.54) is 25.7 Å². The second-order valence-corrected chi connectivity index (χ2v) is 6.20. The minimum atomic E-state index is -0.752. The van der Waals surface area contributed by atoms with Crippen molar-refractivity contribution in [3.63, 3.8) is 0 Å². The highest BCUT2D eigenvalue weighted by Crippen LogP contribution is 2.26. The van der Waals surface area contributed by atoms with Crippen LogP contribution in [0.1, 0.15) is 54.9 Å². The van der Waals surface area contributed by atoms with Gasteiger partial charge in [0.15, 0.2) is 0 Å². The SMILES string of the molecule is CCCCCCCOc1ccc(-c2ccc(C(=O)OO)cc2C)cc1. The highest BCUT2D eigenvalue weighted by molar-refractivity contribution is 5.90. The molecule has 25 heavy (non-hydrogen) atoms. The third-order valence-corrected chi connectivity index (χ3v) is 4.23. The Morgan fingerprint density at radius 1 is 1.00 bits per heavy atom. The molecule has 0 saturated heterocycles. The van der Waals surface area contributed by atoms with Crippen molar-refractivity contribution in [2.24, 2.45) is 0 Å². The smallest absolute Gasteiger partial charge is 0.372 e. The summed E-state index contributed by atoms with van der Waals surface area (Å²) in [6.07, 6.45) is 6.13. The molecule has 0 spiro atoms. The summed E-state index contributed by atoms with van der Waals surface area (Å²) in [5.74, 6) is 0.120. The number of hydrogen-bond acceptors (Lipinski definition) is 4. The lowest BCUT2D eigenvalue weighted by molar-refractivity contribution is -0.182. The molecule has 2 rings (SSSR count). The van der Waals surface area contributed by atoms with Crippen LogP contribution in [-0.4, -0.2) is 17.8 Å². The van der Waals surface area contributed by atoms with Gasteiger partial charge in [-0.05, 0) is 54.3 Å². The molecule has 0 aliphatic rings. The van der Waals surface area contributed by atoms with Crippen LogP contribution in [-0.2, 0) is 4.89 Å². The van der Waals surface area contributed by atoms with Gasteiger partial charge in [-0.3, -0.25) is 4.89 Å². The summed E-state index contributed by atoms with van der Waals surface area (Å²) in [5.41, 5.74) is 3.34. The normalized spacial score (nSPS) is 10.5. The van der Waals surface area contributed by atoms with Gasteiger partial charge < -0.3 is 4.74 Å². The molecule has 0 heterocycles. The predicted octanol–water partition coefficient (Wildman–Crippen LogP) is 5.64. The molecule has 0 fully saturated rings. The van der Waals surface area contributed by atoms with Gasteiger partial charge in [-0.2, -0.15) is 5.26 Å². The Kier molecular flexibility index (Phi) is 7.48. The molecule has 0 aromatic heterocycles. The first kappa shape index (κ1) is 19.0. The molecule has 0 radical (unpaired) electrons. The first-order valence-electron chi connectivity index (χ1n) is 8.85. The maximum absolute atomic E-state index is 11.4. The van der Waals surface area contributed by atoms with Crippen molar-refractivity contribution >= 4 is 5.97 Å². The van der Waals surface area contributed by atoms with Gasteiger partial charge in [0.2, 0.25) is 0 Å². The van der Waals surface area contributed by atoms with Crippen molar-refractivity contribution in [2.75, 3.05) is 6.61 Å². The number of ether oxygens (including phenoxy) is 1. The van der Waals surface area contributed by atoms with Crippen molar-refractivity contribution in [1.29, 1.82) is 0 Å². The third kappa shape index (κ3) is 5.61. The zero-order chi connectivity index (χ0) is 18.1. The van der Waals surface area contributed by atoms with Crippen LogP contribution in [0.15, 0.2) is 42.5 Å². The molecule has 0 unspecified atom stereocenters. The van der Waals surface area contributed by atoms with Gasteiger partial charge in [-0.25, -0.2) is 4.79 Å². The Morgan fingerprint density at radius 2 is 1.72 bits per heavy atom. The molecular weight excluding hydrogens is 316 g/mol. The van der Waals surface area contributed by atoms with Crippen molar-refractivity contribution in [1.82, 2.24) is 0 Å². The molecule has 0 amide bonds. The van der Waals surface area contributed by atoms with Crippen molar-refractivity contribution < 1.29 is 19.7 Å². The number of carbonyl (C=O) groups is 1. The summed E-state index contributed by atoms with van der Waals surface area (Å²) >= 11 is 0. The summed E-state index contributed by atoms with van der Waals surface area (Å²) in [4.78, 5) is 15.1. The fraction of sp³-hybridized carbons (Fsp3) is 0.381. The highest BCUT2D eigenvalue weighted by Gasteiger charge is 2.10. The molecule has 0 bridgehead atoms. The van der Waals surface area contributed by atoms with Gasteiger partial charge in [-0.1, -0.05) is 50.8 Å². The van der Waals surface area contributed by atoms with E-state index in [0.717, 1.165) is 35.5 Å². The molecule has 4 nitrogen and oxygen atoms in total. The summed E-state index contributed by atoms with van der Waals surface area (Å²) in [6.45, 7) is 4.88. The highest BCUT2D eigenvalue weighted by atomic mass is 17.1. The van der Waals surface area contributed by atoms with E-state index in [2.05, 4.69) is 11.8 Å². The third-order valence-electron chi connectivity index (χ3n) is 4.23. The zero-order valence-electron chi connectivity index (χ0n) is 15.0. The van der Waals surface area contributed by atoms with E-state index >= 15 is 0 Å². The molecule has 2 aromatic rings. The quantitative estimate of drug-likeness (QED) is 0.364. The molecule has 0 aliphatic carbocycles. The van der Waals surface area contributed by atoms with Crippen molar-refractivity contribution in [2.45, 2.75) is 46.0 Å². The van der Waals surface area contributed by atoms with E-state index in [4.69, 9.17) is 9.99 Å². The maximum Gasteiger partial charge on any atom is 0.372 e. The van der Waals surface area contributed by atoms with Gasteiger partial charge in [-0.15, -0.1) is 0 Å². The van der Waals surface area contributed by atoms with Crippen molar-refractivity contribution in [3.8, 4) is 16.9 Å². The number of hydrogen-bond donors (Lipinski definition) is 1. The van der Waals surface area contributed by atoms with Crippen LogP contribution in [0.25, 0.3) is 11.1 Å². The number of aryl methyl sites for hydroxylation is 1. The van der Waals surface area contributed by atoms with Crippen LogP contribution in [0.4, 0.5) is 0 Å². The van der Waals surface area contributed by atoms with Gasteiger partial charge in [0, 0.05) is 0 Å². The molecule has 134 valence electrons. The van der Waals surface area contributed by atoms with E-state index in [1.54, 1.807) is 12.1 Å². The number of benzene rings is 2. The molecule has 0 atom stereocenters. The first-order chi connectivity index (χ1) is 12.2. The Bertz CT molecular complexity index is 677. The van der Waals surface area contributed by atoms with Crippen LogP contribution in [0.2, 0.25) is 0 Å². The molecular formula is C21H26O4. The van der Waals surface area contributed by atoms with E-state index < -0.39 is 5.97 Å². The molecule has 1 N–H and O–H groups in total. The average molecular weight is 342 g/mol. The lowest BCUT2D eigenvalue weighted by Gasteiger charge is -2.10. The minimum absolute atomic E-state index is 0.326. The Balaban J connectivity index is 1.94. The number of rotatable bonds is 9. The summed E-state index contributed by atoms with van der Waals surface area (Å²) < 4.78 is 5.78. The molecule has 0 saturated carbocycles. The van der Waals surface area contributed by atoms with E-state index in [1.807, 2.05) is 37.3 Å². The second kappa shape index (κ2) is 9.84. The summed E-state index contributed by atoms with van der Waals surface area (Å²) in [6, 6.07) is 13.2. The van der Waals surface area contributed by atoms with E-state index in [9.17, 15) is 4.79 Å². The lowest BCUT2D eigenvalue weighted by Crippen LogP contribution is -2.02. The average Bonchev–Trinajstić information content (AvgIpc) is 2.64.